The van der Waals surface area contributed by atoms with Gasteiger partial charge in [0.05, 0.1) is 0 Å². The molecule has 0 saturated heterocycles. The highest BCUT2D eigenvalue weighted by atomic mass is 19.4. The highest BCUT2D eigenvalue weighted by molar-refractivity contribution is 5.40. The Hall–Kier alpha value is -1.30. The van der Waals surface area contributed by atoms with E-state index in [-0.39, 0.29) is 5.56 Å². The summed E-state index contributed by atoms with van der Waals surface area (Å²) in [7, 11) is 0. The first-order valence-corrected chi connectivity index (χ1v) is 4.88. The van der Waals surface area contributed by atoms with Crippen LogP contribution in [0.25, 0.3) is 0 Å². The largest absolute Gasteiger partial charge is 0.505 e. The van der Waals surface area contributed by atoms with Crippen LogP contribution in [-0.2, 0) is 5.41 Å². The maximum atomic E-state index is 13.1. The van der Waals surface area contributed by atoms with Crippen molar-refractivity contribution in [3.63, 3.8) is 0 Å². The van der Waals surface area contributed by atoms with Crippen molar-refractivity contribution in [2.45, 2.75) is 31.5 Å². The van der Waals surface area contributed by atoms with Crippen molar-refractivity contribution in [3.05, 3.63) is 29.6 Å². The van der Waals surface area contributed by atoms with Gasteiger partial charge < -0.3 is 10.8 Å². The summed E-state index contributed by atoms with van der Waals surface area (Å²) in [6.07, 6.45) is -4.62. The first-order valence-electron chi connectivity index (χ1n) is 4.88. The summed E-state index contributed by atoms with van der Waals surface area (Å²) in [5.74, 6) is -1.76. The number of hydrogen-bond donors (Lipinski definition) is 2. The van der Waals surface area contributed by atoms with Gasteiger partial charge in [-0.05, 0) is 6.07 Å². The molecule has 0 aromatic heterocycles. The van der Waals surface area contributed by atoms with Crippen LogP contribution in [0.1, 0.15) is 19.4 Å². The molecule has 1 atom stereocenters. The monoisotopic (exact) mass is 251 g/mol. The van der Waals surface area contributed by atoms with Gasteiger partial charge in [0.15, 0.2) is 11.6 Å². The number of alkyl halides is 3. The number of phenolic OH excluding ortho intramolecular Hbond substituents is 1. The molecule has 0 heterocycles. The molecular formula is C11H13F4NO. The zero-order valence-corrected chi connectivity index (χ0v) is 9.35. The maximum Gasteiger partial charge on any atom is 0.404 e. The summed E-state index contributed by atoms with van der Waals surface area (Å²) < 4.78 is 50.8. The summed E-state index contributed by atoms with van der Waals surface area (Å²) in [5, 5.41) is 9.45. The summed E-state index contributed by atoms with van der Waals surface area (Å²) in [4.78, 5) is 0. The van der Waals surface area contributed by atoms with E-state index < -0.39 is 29.2 Å². The quantitative estimate of drug-likeness (QED) is 0.794. The molecule has 3 N–H and O–H groups in total. The van der Waals surface area contributed by atoms with Gasteiger partial charge in [-0.25, -0.2) is 4.39 Å². The Labute approximate surface area is 96.1 Å². The van der Waals surface area contributed by atoms with Crippen molar-refractivity contribution in [2.24, 2.45) is 5.73 Å². The lowest BCUT2D eigenvalue weighted by atomic mass is 9.77. The van der Waals surface area contributed by atoms with Crippen molar-refractivity contribution in [3.8, 4) is 5.75 Å². The van der Waals surface area contributed by atoms with Crippen LogP contribution in [0.5, 0.6) is 5.75 Å². The second kappa shape index (κ2) is 4.18. The highest BCUT2D eigenvalue weighted by Gasteiger charge is 2.48. The van der Waals surface area contributed by atoms with Gasteiger partial charge in [0.1, 0.15) is 6.04 Å². The summed E-state index contributed by atoms with van der Waals surface area (Å²) >= 11 is 0. The normalized spacial score (nSPS) is 14.8. The van der Waals surface area contributed by atoms with Crippen molar-refractivity contribution in [1.82, 2.24) is 0 Å². The summed E-state index contributed by atoms with van der Waals surface area (Å²) in [5.41, 5.74) is 3.34. The van der Waals surface area contributed by atoms with E-state index in [9.17, 15) is 22.7 Å². The van der Waals surface area contributed by atoms with E-state index in [2.05, 4.69) is 0 Å². The van der Waals surface area contributed by atoms with Gasteiger partial charge >= 0.3 is 6.18 Å². The lowest BCUT2D eigenvalue weighted by Gasteiger charge is -2.33. The van der Waals surface area contributed by atoms with Crippen molar-refractivity contribution in [1.29, 1.82) is 0 Å². The molecule has 1 aromatic rings. The Kier molecular flexibility index (Phi) is 3.38. The van der Waals surface area contributed by atoms with Crippen LogP contribution in [0.3, 0.4) is 0 Å². The van der Waals surface area contributed by atoms with Gasteiger partial charge in [0.2, 0.25) is 0 Å². The number of halogens is 4. The number of aromatic hydroxyl groups is 1. The molecule has 2 nitrogen and oxygen atoms in total. The number of benzene rings is 1. The van der Waals surface area contributed by atoms with Crippen LogP contribution in [0, 0.1) is 5.82 Å². The SMILES string of the molecule is CC(C)(c1cccc(F)c1O)C(N)C(F)(F)F. The van der Waals surface area contributed by atoms with E-state index in [4.69, 9.17) is 5.73 Å². The number of hydrogen-bond acceptors (Lipinski definition) is 2. The minimum Gasteiger partial charge on any atom is -0.505 e. The number of rotatable bonds is 2. The standard InChI is InChI=1S/C11H13F4NO/c1-10(2,9(16)11(13,14)15)6-4-3-5-7(12)8(6)17/h3-5,9,17H,16H2,1-2H3. The molecule has 1 rings (SSSR count). The van der Waals surface area contributed by atoms with Crippen LogP contribution < -0.4 is 5.73 Å². The topological polar surface area (TPSA) is 46.2 Å². The average molecular weight is 251 g/mol. The van der Waals surface area contributed by atoms with E-state index >= 15 is 0 Å². The molecule has 96 valence electrons. The van der Waals surface area contributed by atoms with Gasteiger partial charge in [-0.3, -0.25) is 0 Å². The fourth-order valence-electron chi connectivity index (χ4n) is 1.61. The molecule has 17 heavy (non-hydrogen) atoms. The Bertz CT molecular complexity index is 414. The van der Waals surface area contributed by atoms with Crippen LogP contribution in [-0.4, -0.2) is 17.3 Å². The van der Waals surface area contributed by atoms with Crippen molar-refractivity contribution < 1.29 is 22.7 Å². The third-order valence-electron chi connectivity index (χ3n) is 2.81. The Balaban J connectivity index is 3.26. The minimum atomic E-state index is -4.62. The van der Waals surface area contributed by atoms with E-state index in [1.54, 1.807) is 0 Å². The smallest absolute Gasteiger partial charge is 0.404 e. The van der Waals surface area contributed by atoms with Gasteiger partial charge in [-0.15, -0.1) is 0 Å². The van der Waals surface area contributed by atoms with Crippen LogP contribution >= 0.6 is 0 Å². The van der Waals surface area contributed by atoms with E-state index in [0.717, 1.165) is 6.07 Å². The molecule has 6 heteroatoms. The maximum absolute atomic E-state index is 13.1. The Morgan fingerprint density at radius 3 is 2.24 bits per heavy atom. The van der Waals surface area contributed by atoms with E-state index in [0.29, 0.717) is 0 Å². The summed E-state index contributed by atoms with van der Waals surface area (Å²) in [6, 6.07) is 1.23. The second-order valence-electron chi connectivity index (χ2n) is 4.38. The first kappa shape index (κ1) is 13.8. The molecular weight excluding hydrogens is 238 g/mol. The number of phenols is 1. The number of para-hydroxylation sites is 1. The minimum absolute atomic E-state index is 0.165. The average Bonchev–Trinajstić information content (AvgIpc) is 2.19. The third kappa shape index (κ3) is 2.52. The van der Waals surface area contributed by atoms with Gasteiger partial charge in [-0.2, -0.15) is 13.2 Å². The van der Waals surface area contributed by atoms with Crippen molar-refractivity contribution in [2.75, 3.05) is 0 Å². The van der Waals surface area contributed by atoms with Crippen LogP contribution in [0.4, 0.5) is 17.6 Å². The van der Waals surface area contributed by atoms with Crippen LogP contribution in [0.2, 0.25) is 0 Å². The molecule has 0 amide bonds. The number of nitrogens with two attached hydrogens (primary N) is 1. The molecule has 0 fully saturated rings. The van der Waals surface area contributed by atoms with Crippen molar-refractivity contribution >= 4 is 0 Å². The molecule has 1 unspecified atom stereocenters. The zero-order valence-electron chi connectivity index (χ0n) is 9.35. The van der Waals surface area contributed by atoms with Crippen LogP contribution in [0.15, 0.2) is 18.2 Å². The first-order chi connectivity index (χ1) is 7.58. The van der Waals surface area contributed by atoms with Gasteiger partial charge in [0, 0.05) is 11.0 Å². The predicted molar refractivity (Wildman–Crippen MR) is 55.1 cm³/mol. The molecule has 0 aliphatic rings. The summed E-state index contributed by atoms with van der Waals surface area (Å²) in [6.45, 7) is 2.42. The third-order valence-corrected chi connectivity index (χ3v) is 2.81. The molecule has 0 radical (unpaired) electrons. The molecule has 0 saturated carbocycles. The lowest BCUT2D eigenvalue weighted by Crippen LogP contribution is -2.51. The fraction of sp³-hybridized carbons (Fsp3) is 0.455. The molecule has 0 aliphatic carbocycles. The molecule has 1 aromatic carbocycles. The molecule has 0 bridgehead atoms. The second-order valence-corrected chi connectivity index (χ2v) is 4.38. The zero-order chi connectivity index (χ0) is 13.4. The van der Waals surface area contributed by atoms with E-state index in [1.165, 1.54) is 26.0 Å². The van der Waals surface area contributed by atoms with E-state index in [1.807, 2.05) is 0 Å². The molecule has 0 aliphatic heterocycles. The molecule has 0 spiro atoms. The fourth-order valence-corrected chi connectivity index (χ4v) is 1.61. The Morgan fingerprint density at radius 2 is 1.76 bits per heavy atom. The lowest BCUT2D eigenvalue weighted by molar-refractivity contribution is -0.160. The van der Waals surface area contributed by atoms with Gasteiger partial charge in [-0.1, -0.05) is 26.0 Å². The highest BCUT2D eigenvalue weighted by Crippen LogP contribution is 2.39. The predicted octanol–water partition coefficient (Wildman–Crippen LogP) is 2.70. The van der Waals surface area contributed by atoms with Gasteiger partial charge in [0.25, 0.3) is 0 Å². The Morgan fingerprint density at radius 1 is 1.24 bits per heavy atom.